The van der Waals surface area contributed by atoms with Crippen LogP contribution in [0.2, 0.25) is 0 Å². The van der Waals surface area contributed by atoms with Crippen molar-refractivity contribution in [3.05, 3.63) is 24.0 Å². The summed E-state index contributed by atoms with van der Waals surface area (Å²) in [4.78, 5) is 15.8. The monoisotopic (exact) mass is 197 g/mol. The third-order valence-electron chi connectivity index (χ3n) is 1.46. The van der Waals surface area contributed by atoms with Gasteiger partial charge in [0, 0.05) is 23.8 Å². The first-order chi connectivity index (χ1) is 6.24. The molecule has 13 heavy (non-hydrogen) atoms. The van der Waals surface area contributed by atoms with Gasteiger partial charge in [0.05, 0.1) is 6.61 Å². The van der Waals surface area contributed by atoms with Gasteiger partial charge in [-0.05, 0) is 12.1 Å². The summed E-state index contributed by atoms with van der Waals surface area (Å²) in [7, 11) is 0. The van der Waals surface area contributed by atoms with Crippen LogP contribution in [0.3, 0.4) is 0 Å². The van der Waals surface area contributed by atoms with E-state index in [9.17, 15) is 4.79 Å². The summed E-state index contributed by atoms with van der Waals surface area (Å²) in [5.41, 5.74) is 0.480. The predicted octanol–water partition coefficient (Wildman–Crippen LogP) is 1.37. The second kappa shape index (κ2) is 4.99. The molecule has 70 valence electrons. The molecule has 0 aliphatic carbocycles. The number of aliphatic hydroxyl groups is 1. The molecule has 0 radical (unpaired) electrons. The highest BCUT2D eigenvalue weighted by Crippen LogP contribution is 2.15. The van der Waals surface area contributed by atoms with Gasteiger partial charge >= 0.3 is 0 Å². The zero-order valence-electron chi connectivity index (χ0n) is 7.36. The Morgan fingerprint density at radius 1 is 1.62 bits per heavy atom. The lowest BCUT2D eigenvalue weighted by atomic mass is 10.3. The summed E-state index contributed by atoms with van der Waals surface area (Å²) < 4.78 is 0. The van der Waals surface area contributed by atoms with Gasteiger partial charge in [-0.25, -0.2) is 0 Å². The molecule has 0 spiro atoms. The lowest BCUT2D eigenvalue weighted by molar-refractivity contribution is 0.101. The van der Waals surface area contributed by atoms with Gasteiger partial charge in [0.1, 0.15) is 5.69 Å². The summed E-state index contributed by atoms with van der Waals surface area (Å²) >= 11 is 1.52. The molecule has 0 saturated carbocycles. The van der Waals surface area contributed by atoms with Crippen molar-refractivity contribution in [2.75, 3.05) is 12.4 Å². The van der Waals surface area contributed by atoms with Crippen molar-refractivity contribution in [3.8, 4) is 0 Å². The Bertz CT molecular complexity index is 284. The Labute approximate surface area is 81.2 Å². The van der Waals surface area contributed by atoms with E-state index in [0.717, 1.165) is 4.90 Å². The van der Waals surface area contributed by atoms with Crippen LogP contribution in [0.25, 0.3) is 0 Å². The molecule has 0 aliphatic rings. The Hall–Kier alpha value is -0.870. The van der Waals surface area contributed by atoms with E-state index in [1.807, 2.05) is 6.07 Å². The lowest BCUT2D eigenvalue weighted by Crippen LogP contribution is -1.95. The van der Waals surface area contributed by atoms with Crippen molar-refractivity contribution < 1.29 is 9.90 Å². The Morgan fingerprint density at radius 3 is 2.85 bits per heavy atom. The van der Waals surface area contributed by atoms with E-state index in [-0.39, 0.29) is 12.4 Å². The molecule has 4 heteroatoms. The number of carbonyl (C=O) groups is 1. The molecule has 1 rings (SSSR count). The molecule has 0 fully saturated rings. The van der Waals surface area contributed by atoms with Crippen molar-refractivity contribution in [3.63, 3.8) is 0 Å². The smallest absolute Gasteiger partial charge is 0.178 e. The number of Topliss-reactive ketones (excluding diaryl/α,β-unsaturated/α-hetero) is 1. The standard InChI is InChI=1S/C9H11NO2S/c1-7(12)9-3-2-8(6-10-9)13-5-4-11/h2-3,6,11H,4-5H2,1H3. The molecule has 0 amide bonds. The van der Waals surface area contributed by atoms with E-state index in [4.69, 9.17) is 5.11 Å². The van der Waals surface area contributed by atoms with Crippen LogP contribution in [0.5, 0.6) is 0 Å². The molecule has 0 atom stereocenters. The maximum absolute atomic E-state index is 10.9. The van der Waals surface area contributed by atoms with Crippen LogP contribution in [-0.4, -0.2) is 28.2 Å². The van der Waals surface area contributed by atoms with Gasteiger partial charge in [-0.1, -0.05) is 0 Å². The molecule has 0 aromatic carbocycles. The fraction of sp³-hybridized carbons (Fsp3) is 0.333. The van der Waals surface area contributed by atoms with E-state index < -0.39 is 0 Å². The second-order valence-electron chi connectivity index (χ2n) is 2.51. The Morgan fingerprint density at radius 2 is 2.38 bits per heavy atom. The van der Waals surface area contributed by atoms with Crippen LogP contribution in [-0.2, 0) is 0 Å². The average molecular weight is 197 g/mol. The van der Waals surface area contributed by atoms with Crippen molar-refractivity contribution in [2.24, 2.45) is 0 Å². The van der Waals surface area contributed by atoms with Crippen LogP contribution in [0, 0.1) is 0 Å². The highest BCUT2D eigenvalue weighted by Gasteiger charge is 2.00. The first-order valence-electron chi connectivity index (χ1n) is 3.94. The first kappa shape index (κ1) is 10.2. The van der Waals surface area contributed by atoms with Crippen molar-refractivity contribution in [1.82, 2.24) is 4.98 Å². The SMILES string of the molecule is CC(=O)c1ccc(SCCO)cn1. The quantitative estimate of drug-likeness (QED) is 0.585. The summed E-state index contributed by atoms with van der Waals surface area (Å²) in [5, 5.41) is 8.58. The molecule has 1 N–H and O–H groups in total. The number of pyridine rings is 1. The van der Waals surface area contributed by atoms with Gasteiger partial charge in [0.25, 0.3) is 0 Å². The molecule has 0 bridgehead atoms. The highest BCUT2D eigenvalue weighted by molar-refractivity contribution is 7.99. The minimum absolute atomic E-state index is 0.0290. The van der Waals surface area contributed by atoms with Crippen molar-refractivity contribution in [1.29, 1.82) is 0 Å². The third kappa shape index (κ3) is 3.16. The largest absolute Gasteiger partial charge is 0.396 e. The Balaban J connectivity index is 2.64. The number of aromatic nitrogens is 1. The molecule has 3 nitrogen and oxygen atoms in total. The highest BCUT2D eigenvalue weighted by atomic mass is 32.2. The number of ketones is 1. The first-order valence-corrected chi connectivity index (χ1v) is 4.93. The zero-order chi connectivity index (χ0) is 9.68. The molecule has 1 aromatic rings. The lowest BCUT2D eigenvalue weighted by Gasteiger charge is -1.99. The van der Waals surface area contributed by atoms with Crippen LogP contribution < -0.4 is 0 Å². The number of thioether (sulfide) groups is 1. The van der Waals surface area contributed by atoms with Gasteiger partial charge in [-0.2, -0.15) is 0 Å². The van der Waals surface area contributed by atoms with E-state index in [2.05, 4.69) is 4.98 Å². The molecular weight excluding hydrogens is 186 g/mol. The second-order valence-corrected chi connectivity index (χ2v) is 3.68. The predicted molar refractivity (Wildman–Crippen MR) is 52.1 cm³/mol. The van der Waals surface area contributed by atoms with Crippen LogP contribution in [0.15, 0.2) is 23.2 Å². The summed E-state index contributed by atoms with van der Waals surface area (Å²) in [6.07, 6.45) is 1.65. The van der Waals surface area contributed by atoms with E-state index in [1.54, 1.807) is 12.3 Å². The number of nitrogens with zero attached hydrogens (tertiary/aromatic N) is 1. The zero-order valence-corrected chi connectivity index (χ0v) is 8.17. The summed E-state index contributed by atoms with van der Waals surface area (Å²) in [6.45, 7) is 1.64. The molecule has 0 unspecified atom stereocenters. The van der Waals surface area contributed by atoms with Crippen LogP contribution in [0.4, 0.5) is 0 Å². The van der Waals surface area contributed by atoms with Gasteiger partial charge in [0.15, 0.2) is 5.78 Å². The van der Waals surface area contributed by atoms with Gasteiger partial charge in [-0.3, -0.25) is 9.78 Å². The number of aliphatic hydroxyl groups excluding tert-OH is 1. The summed E-state index contributed by atoms with van der Waals surface area (Å²) in [6, 6.07) is 3.53. The number of hydrogen-bond donors (Lipinski definition) is 1. The van der Waals surface area contributed by atoms with Gasteiger partial charge in [0.2, 0.25) is 0 Å². The maximum Gasteiger partial charge on any atom is 0.178 e. The third-order valence-corrected chi connectivity index (χ3v) is 2.42. The van der Waals surface area contributed by atoms with Crippen LogP contribution >= 0.6 is 11.8 Å². The van der Waals surface area contributed by atoms with Crippen molar-refractivity contribution in [2.45, 2.75) is 11.8 Å². The fourth-order valence-corrected chi connectivity index (χ4v) is 1.46. The topological polar surface area (TPSA) is 50.2 Å². The number of rotatable bonds is 4. The number of hydrogen-bond acceptors (Lipinski definition) is 4. The van der Waals surface area contributed by atoms with E-state index >= 15 is 0 Å². The minimum atomic E-state index is -0.0290. The maximum atomic E-state index is 10.9. The molecule has 0 saturated heterocycles. The normalized spacial score (nSPS) is 10.0. The molecular formula is C9H11NO2S. The van der Waals surface area contributed by atoms with Gasteiger partial charge < -0.3 is 5.11 Å². The summed E-state index contributed by atoms with van der Waals surface area (Å²) in [5.74, 6) is 0.625. The molecule has 0 aliphatic heterocycles. The van der Waals surface area contributed by atoms with Gasteiger partial charge in [-0.15, -0.1) is 11.8 Å². The van der Waals surface area contributed by atoms with E-state index in [1.165, 1.54) is 18.7 Å². The van der Waals surface area contributed by atoms with E-state index in [0.29, 0.717) is 11.4 Å². The Kier molecular flexibility index (Phi) is 3.92. The average Bonchev–Trinajstić information content (AvgIpc) is 2.15. The van der Waals surface area contributed by atoms with Crippen LogP contribution in [0.1, 0.15) is 17.4 Å². The molecule has 1 aromatic heterocycles. The number of carbonyl (C=O) groups excluding carboxylic acids is 1. The molecule has 1 heterocycles. The fourth-order valence-electron chi connectivity index (χ4n) is 0.837. The minimum Gasteiger partial charge on any atom is -0.396 e. The van der Waals surface area contributed by atoms with Crippen molar-refractivity contribution >= 4 is 17.5 Å².